The molecule has 0 radical (unpaired) electrons. The molecule has 2 rings (SSSR count). The molecule has 0 unspecified atom stereocenters. The molecule has 2 aromatic carbocycles. The van der Waals surface area contributed by atoms with E-state index in [1.807, 2.05) is 30.4 Å². The van der Waals surface area contributed by atoms with Crippen LogP contribution >= 0.6 is 0 Å². The van der Waals surface area contributed by atoms with Crippen molar-refractivity contribution in [2.75, 3.05) is 0 Å². The zero-order chi connectivity index (χ0) is 13.3. The Hall–Kier alpha value is -2.04. The Morgan fingerprint density at radius 2 is 1.47 bits per heavy atom. The number of unbranched alkanes of at least 4 members (excludes halogenated alkanes) is 1. The van der Waals surface area contributed by atoms with Crippen LogP contribution in [-0.2, 0) is 6.42 Å². The molecule has 0 saturated carbocycles. The van der Waals surface area contributed by atoms with Crippen LogP contribution in [0.5, 0.6) is 0 Å². The van der Waals surface area contributed by atoms with E-state index >= 15 is 0 Å². The molecule has 0 heterocycles. The summed E-state index contributed by atoms with van der Waals surface area (Å²) in [4.78, 5) is 0. The van der Waals surface area contributed by atoms with Crippen LogP contribution in [0.3, 0.4) is 0 Å². The van der Waals surface area contributed by atoms with Gasteiger partial charge in [0.15, 0.2) is 0 Å². The minimum atomic E-state index is 1.18. The van der Waals surface area contributed by atoms with Crippen molar-refractivity contribution < 1.29 is 0 Å². The quantitative estimate of drug-likeness (QED) is 0.625. The topological polar surface area (TPSA) is 0 Å². The number of hydrogen-bond donors (Lipinski definition) is 0. The van der Waals surface area contributed by atoms with E-state index in [0.29, 0.717) is 0 Å². The zero-order valence-corrected chi connectivity index (χ0v) is 11.5. The Labute approximate surface area is 116 Å². The number of rotatable bonds is 5. The Balaban J connectivity index is 2.01. The first kappa shape index (κ1) is 13.4. The Bertz CT molecular complexity index is 540. The molecule has 0 bridgehead atoms. The van der Waals surface area contributed by atoms with E-state index in [1.165, 1.54) is 36.0 Å². The standard InChI is InChI=1S/C19H20/c1-2-3-8-18-13-15-19(16-14-18)12-7-11-17-9-5-4-6-10-17/h4-6,9-16H,2-3,8H2,1H3. The van der Waals surface area contributed by atoms with Crippen LogP contribution < -0.4 is 0 Å². The molecule has 96 valence electrons. The summed E-state index contributed by atoms with van der Waals surface area (Å²) in [7, 11) is 0. The van der Waals surface area contributed by atoms with Gasteiger partial charge in [0.05, 0.1) is 0 Å². The minimum Gasteiger partial charge on any atom is -0.120 e. The smallest absolute Gasteiger partial charge is 0.0127 e. The maximum atomic E-state index is 3.23. The lowest BCUT2D eigenvalue weighted by Crippen LogP contribution is -1.83. The first-order chi connectivity index (χ1) is 9.38. The van der Waals surface area contributed by atoms with E-state index in [4.69, 9.17) is 0 Å². The predicted octanol–water partition coefficient (Wildman–Crippen LogP) is 5.35. The molecule has 0 amide bonds. The predicted molar refractivity (Wildman–Crippen MR) is 83.9 cm³/mol. The molecule has 0 nitrogen and oxygen atoms in total. The molecule has 0 aliphatic heterocycles. The zero-order valence-electron chi connectivity index (χ0n) is 11.5. The molecular weight excluding hydrogens is 228 g/mol. The van der Waals surface area contributed by atoms with Gasteiger partial charge in [-0.3, -0.25) is 0 Å². The van der Waals surface area contributed by atoms with Crippen LogP contribution in [0.4, 0.5) is 0 Å². The maximum Gasteiger partial charge on any atom is -0.0127 e. The van der Waals surface area contributed by atoms with E-state index < -0.39 is 0 Å². The van der Waals surface area contributed by atoms with Crippen molar-refractivity contribution in [3.8, 4) is 0 Å². The van der Waals surface area contributed by atoms with Crippen molar-refractivity contribution in [3.63, 3.8) is 0 Å². The van der Waals surface area contributed by atoms with Gasteiger partial charge in [-0.1, -0.05) is 67.9 Å². The van der Waals surface area contributed by atoms with Crippen LogP contribution in [0.1, 0.15) is 36.5 Å². The van der Waals surface area contributed by atoms with Gasteiger partial charge in [0.2, 0.25) is 0 Å². The Kier molecular flexibility index (Phi) is 5.22. The highest BCUT2D eigenvalue weighted by Gasteiger charge is 1.91. The SMILES string of the molecule is CCCCc1ccc(C=C=Cc2ccccc2)cc1. The highest BCUT2D eigenvalue weighted by molar-refractivity contribution is 5.57. The second kappa shape index (κ2) is 7.41. The summed E-state index contributed by atoms with van der Waals surface area (Å²) in [6.07, 6.45) is 7.73. The molecule has 0 aromatic heterocycles. The monoisotopic (exact) mass is 248 g/mol. The van der Waals surface area contributed by atoms with E-state index in [2.05, 4.69) is 49.1 Å². The van der Waals surface area contributed by atoms with Crippen molar-refractivity contribution in [1.29, 1.82) is 0 Å². The summed E-state index contributed by atoms with van der Waals surface area (Å²) in [6, 6.07) is 19.0. The second-order valence-electron chi connectivity index (χ2n) is 4.71. The van der Waals surface area contributed by atoms with Crippen LogP contribution in [-0.4, -0.2) is 0 Å². The molecule has 2 aromatic rings. The van der Waals surface area contributed by atoms with Crippen molar-refractivity contribution in [1.82, 2.24) is 0 Å². The van der Waals surface area contributed by atoms with Gasteiger partial charge in [0.25, 0.3) is 0 Å². The number of benzene rings is 2. The van der Waals surface area contributed by atoms with Crippen molar-refractivity contribution in [2.24, 2.45) is 0 Å². The summed E-state index contributed by atoms with van der Waals surface area (Å²) in [6.45, 7) is 2.23. The lowest BCUT2D eigenvalue weighted by molar-refractivity contribution is 0.795. The van der Waals surface area contributed by atoms with E-state index in [-0.39, 0.29) is 0 Å². The fraction of sp³-hybridized carbons (Fsp3) is 0.211. The van der Waals surface area contributed by atoms with Crippen LogP contribution in [0, 0.1) is 0 Å². The van der Waals surface area contributed by atoms with E-state index in [1.54, 1.807) is 0 Å². The normalized spacial score (nSPS) is 9.74. The number of aryl methyl sites for hydroxylation is 1. The third-order valence-electron chi connectivity index (χ3n) is 3.10. The fourth-order valence-electron chi connectivity index (χ4n) is 1.94. The highest BCUT2D eigenvalue weighted by atomic mass is 14.0. The van der Waals surface area contributed by atoms with Gasteiger partial charge in [-0.05, 0) is 41.7 Å². The molecule has 0 saturated heterocycles. The first-order valence-corrected chi connectivity index (χ1v) is 6.95. The summed E-state index contributed by atoms with van der Waals surface area (Å²) in [5.74, 6) is 0. The molecule has 19 heavy (non-hydrogen) atoms. The lowest BCUT2D eigenvalue weighted by atomic mass is 10.1. The molecule has 0 fully saturated rings. The molecule has 0 atom stereocenters. The van der Waals surface area contributed by atoms with Gasteiger partial charge >= 0.3 is 0 Å². The van der Waals surface area contributed by atoms with Crippen molar-refractivity contribution >= 4 is 12.2 Å². The third kappa shape index (κ3) is 4.62. The Morgan fingerprint density at radius 3 is 2.11 bits per heavy atom. The maximum absolute atomic E-state index is 3.23. The van der Waals surface area contributed by atoms with Crippen LogP contribution in [0.25, 0.3) is 12.2 Å². The van der Waals surface area contributed by atoms with E-state index in [9.17, 15) is 0 Å². The average Bonchev–Trinajstić information content (AvgIpc) is 2.47. The molecule has 0 aliphatic rings. The summed E-state index contributed by atoms with van der Waals surface area (Å²) in [5.41, 5.74) is 7.03. The summed E-state index contributed by atoms with van der Waals surface area (Å²) < 4.78 is 0. The van der Waals surface area contributed by atoms with Gasteiger partial charge < -0.3 is 0 Å². The van der Waals surface area contributed by atoms with Gasteiger partial charge in [-0.2, -0.15) is 0 Å². The molecular formula is C19H20. The van der Waals surface area contributed by atoms with Gasteiger partial charge in [0.1, 0.15) is 0 Å². The minimum absolute atomic E-state index is 1.18. The van der Waals surface area contributed by atoms with Crippen LogP contribution in [0.15, 0.2) is 60.3 Å². The second-order valence-corrected chi connectivity index (χ2v) is 4.71. The highest BCUT2D eigenvalue weighted by Crippen LogP contribution is 2.09. The molecule has 0 heteroatoms. The van der Waals surface area contributed by atoms with E-state index in [0.717, 1.165) is 0 Å². The first-order valence-electron chi connectivity index (χ1n) is 6.95. The molecule has 0 N–H and O–H groups in total. The molecule has 0 spiro atoms. The van der Waals surface area contributed by atoms with Gasteiger partial charge in [-0.25, -0.2) is 0 Å². The summed E-state index contributed by atoms with van der Waals surface area (Å²) >= 11 is 0. The molecule has 0 aliphatic carbocycles. The summed E-state index contributed by atoms with van der Waals surface area (Å²) in [5, 5.41) is 0. The fourth-order valence-corrected chi connectivity index (χ4v) is 1.94. The van der Waals surface area contributed by atoms with Gasteiger partial charge in [-0.15, -0.1) is 5.73 Å². The van der Waals surface area contributed by atoms with Crippen molar-refractivity contribution in [2.45, 2.75) is 26.2 Å². The Morgan fingerprint density at radius 1 is 0.842 bits per heavy atom. The third-order valence-corrected chi connectivity index (χ3v) is 3.10. The lowest BCUT2D eigenvalue weighted by Gasteiger charge is -1.99. The van der Waals surface area contributed by atoms with Crippen LogP contribution in [0.2, 0.25) is 0 Å². The van der Waals surface area contributed by atoms with Gasteiger partial charge in [0, 0.05) is 0 Å². The van der Waals surface area contributed by atoms with Crippen molar-refractivity contribution in [3.05, 3.63) is 77.0 Å². The number of hydrogen-bond acceptors (Lipinski definition) is 0. The largest absolute Gasteiger partial charge is 0.120 e. The average molecular weight is 248 g/mol.